The number of imide groups is 1. The van der Waals surface area contributed by atoms with Crippen molar-refractivity contribution >= 4 is 23.6 Å². The van der Waals surface area contributed by atoms with Gasteiger partial charge < -0.3 is 14.4 Å². The van der Waals surface area contributed by atoms with Crippen molar-refractivity contribution in [2.75, 3.05) is 23.9 Å². The van der Waals surface area contributed by atoms with Gasteiger partial charge in [0, 0.05) is 14.1 Å². The molecule has 7 nitrogen and oxygen atoms in total. The fourth-order valence-corrected chi connectivity index (χ4v) is 2.09. The molecule has 0 saturated carbocycles. The summed E-state index contributed by atoms with van der Waals surface area (Å²) < 4.78 is 10.8. The first-order valence-electron chi connectivity index (χ1n) is 8.23. The maximum Gasteiger partial charge on any atom is 0.424 e. The number of rotatable bonds is 2. The zero-order chi connectivity index (χ0) is 20.3. The highest BCUT2D eigenvalue weighted by Gasteiger charge is 2.35. The molecule has 0 unspecified atom stereocenters. The highest BCUT2D eigenvalue weighted by atomic mass is 16.6. The van der Waals surface area contributed by atoms with Crippen molar-refractivity contribution in [1.82, 2.24) is 0 Å². The van der Waals surface area contributed by atoms with E-state index in [2.05, 4.69) is 0 Å². The van der Waals surface area contributed by atoms with Crippen LogP contribution in [0, 0.1) is 11.3 Å². The number of nitrogens with zero attached hydrogens (tertiary/aromatic N) is 3. The first kappa shape index (κ1) is 21.3. The molecule has 0 aliphatic heterocycles. The summed E-state index contributed by atoms with van der Waals surface area (Å²) in [5.41, 5.74) is -0.841. The molecule has 0 N–H and O–H groups in total. The molecular formula is C19H27N3O4. The minimum absolute atomic E-state index is 0.128. The second kappa shape index (κ2) is 7.65. The van der Waals surface area contributed by atoms with E-state index in [0.717, 1.165) is 4.90 Å². The molecular weight excluding hydrogens is 334 g/mol. The molecule has 0 aromatic heterocycles. The van der Waals surface area contributed by atoms with Gasteiger partial charge in [0.1, 0.15) is 17.3 Å². The molecule has 0 aliphatic rings. The summed E-state index contributed by atoms with van der Waals surface area (Å²) >= 11 is 0. The lowest BCUT2D eigenvalue weighted by Crippen LogP contribution is -2.44. The van der Waals surface area contributed by atoms with Gasteiger partial charge in [-0.2, -0.15) is 10.2 Å². The van der Waals surface area contributed by atoms with Gasteiger partial charge in [-0.3, -0.25) is 0 Å². The molecule has 0 aliphatic carbocycles. The Morgan fingerprint density at radius 2 is 1.42 bits per heavy atom. The average Bonchev–Trinajstić information content (AvgIpc) is 2.43. The van der Waals surface area contributed by atoms with Crippen LogP contribution in [0.3, 0.4) is 0 Å². The van der Waals surface area contributed by atoms with E-state index in [4.69, 9.17) is 9.47 Å². The third-order valence-corrected chi connectivity index (χ3v) is 2.99. The first-order valence-corrected chi connectivity index (χ1v) is 8.23. The maximum absolute atomic E-state index is 12.8. The molecule has 2 amide bonds. The molecule has 1 aromatic rings. The number of carbonyl (C=O) groups is 2. The van der Waals surface area contributed by atoms with E-state index in [1.165, 1.54) is 6.07 Å². The molecule has 0 radical (unpaired) electrons. The van der Waals surface area contributed by atoms with Crippen LogP contribution < -0.4 is 9.80 Å². The van der Waals surface area contributed by atoms with Crippen molar-refractivity contribution in [2.45, 2.75) is 52.7 Å². The third-order valence-electron chi connectivity index (χ3n) is 2.99. The van der Waals surface area contributed by atoms with Gasteiger partial charge in [-0.05, 0) is 53.7 Å². The van der Waals surface area contributed by atoms with Crippen LogP contribution in [-0.4, -0.2) is 37.5 Å². The van der Waals surface area contributed by atoms with E-state index in [0.29, 0.717) is 5.69 Å². The van der Waals surface area contributed by atoms with Gasteiger partial charge in [0.25, 0.3) is 0 Å². The Hall–Kier alpha value is -2.75. The minimum atomic E-state index is -0.905. The van der Waals surface area contributed by atoms with E-state index in [-0.39, 0.29) is 11.3 Å². The summed E-state index contributed by atoms with van der Waals surface area (Å²) in [7, 11) is 3.50. The second-order valence-corrected chi connectivity index (χ2v) is 7.98. The fraction of sp³-hybridized carbons (Fsp3) is 0.526. The van der Waals surface area contributed by atoms with Crippen LogP contribution in [0.2, 0.25) is 0 Å². The zero-order valence-corrected chi connectivity index (χ0v) is 16.7. The summed E-state index contributed by atoms with van der Waals surface area (Å²) in [6.45, 7) is 10.2. The Kier molecular flexibility index (Phi) is 6.26. The number of para-hydroxylation sites is 1. The van der Waals surface area contributed by atoms with E-state index < -0.39 is 23.4 Å². The van der Waals surface area contributed by atoms with E-state index >= 15 is 0 Å². The quantitative estimate of drug-likeness (QED) is 0.781. The number of anilines is 2. The van der Waals surface area contributed by atoms with Crippen molar-refractivity contribution in [3.05, 3.63) is 23.8 Å². The molecule has 1 aromatic carbocycles. The molecule has 7 heteroatoms. The molecule has 0 heterocycles. The number of nitriles is 1. The van der Waals surface area contributed by atoms with E-state index in [1.54, 1.807) is 72.7 Å². The minimum Gasteiger partial charge on any atom is -0.443 e. The summed E-state index contributed by atoms with van der Waals surface area (Å²) in [5.74, 6) is 0. The van der Waals surface area contributed by atoms with Crippen LogP contribution in [0.25, 0.3) is 0 Å². The van der Waals surface area contributed by atoms with Crippen molar-refractivity contribution in [1.29, 1.82) is 5.26 Å². The lowest BCUT2D eigenvalue weighted by Gasteiger charge is -2.31. The van der Waals surface area contributed by atoms with Crippen LogP contribution in [0.5, 0.6) is 0 Å². The van der Waals surface area contributed by atoms with Crippen molar-refractivity contribution in [2.24, 2.45) is 0 Å². The molecule has 142 valence electrons. The fourth-order valence-electron chi connectivity index (χ4n) is 2.09. The summed E-state index contributed by atoms with van der Waals surface area (Å²) in [6.07, 6.45) is -1.81. The molecule has 1 rings (SSSR count). The smallest absolute Gasteiger partial charge is 0.424 e. The second-order valence-electron chi connectivity index (χ2n) is 7.98. The molecule has 26 heavy (non-hydrogen) atoms. The van der Waals surface area contributed by atoms with Crippen LogP contribution in [0.1, 0.15) is 47.1 Å². The Morgan fingerprint density at radius 1 is 0.962 bits per heavy atom. The van der Waals surface area contributed by atoms with Crippen molar-refractivity contribution in [3.63, 3.8) is 0 Å². The Labute approximate surface area is 155 Å². The van der Waals surface area contributed by atoms with Gasteiger partial charge >= 0.3 is 12.2 Å². The highest BCUT2D eigenvalue weighted by Crippen LogP contribution is 2.34. The van der Waals surface area contributed by atoms with Gasteiger partial charge in [0.05, 0.1) is 16.9 Å². The Balaban J connectivity index is 3.59. The number of benzene rings is 1. The molecule has 0 saturated heterocycles. The predicted octanol–water partition coefficient (Wildman–Crippen LogP) is 4.30. The van der Waals surface area contributed by atoms with Gasteiger partial charge in [-0.25, -0.2) is 9.59 Å². The molecule has 0 bridgehead atoms. The monoisotopic (exact) mass is 361 g/mol. The predicted molar refractivity (Wildman–Crippen MR) is 100 cm³/mol. The maximum atomic E-state index is 12.8. The zero-order valence-electron chi connectivity index (χ0n) is 16.7. The van der Waals surface area contributed by atoms with E-state index in [9.17, 15) is 14.9 Å². The topological polar surface area (TPSA) is 82.9 Å². The third kappa shape index (κ3) is 5.66. The van der Waals surface area contributed by atoms with Crippen LogP contribution in [0.15, 0.2) is 18.2 Å². The van der Waals surface area contributed by atoms with Crippen LogP contribution in [-0.2, 0) is 9.47 Å². The standard InChI is InChI=1S/C19H27N3O4/c1-18(2,3)25-16(23)22(17(24)26-19(4,5)6)15-13(12-20)10-9-11-14(15)21(7)8/h9-11H,1-8H3. The van der Waals surface area contributed by atoms with Gasteiger partial charge in [-0.15, -0.1) is 0 Å². The molecule has 0 spiro atoms. The van der Waals surface area contributed by atoms with Crippen LogP contribution >= 0.6 is 0 Å². The van der Waals surface area contributed by atoms with Gasteiger partial charge in [0.15, 0.2) is 0 Å². The summed E-state index contributed by atoms with van der Waals surface area (Å²) in [6, 6.07) is 6.94. The van der Waals surface area contributed by atoms with Gasteiger partial charge in [-0.1, -0.05) is 6.07 Å². The number of hydrogen-bond acceptors (Lipinski definition) is 6. The van der Waals surface area contributed by atoms with Crippen molar-refractivity contribution < 1.29 is 19.1 Å². The molecule has 0 atom stereocenters. The Bertz CT molecular complexity index is 694. The lowest BCUT2D eigenvalue weighted by atomic mass is 10.1. The van der Waals surface area contributed by atoms with Crippen molar-refractivity contribution in [3.8, 4) is 6.07 Å². The highest BCUT2D eigenvalue weighted by molar-refractivity contribution is 6.12. The largest absolute Gasteiger partial charge is 0.443 e. The van der Waals surface area contributed by atoms with Gasteiger partial charge in [0.2, 0.25) is 0 Å². The number of amides is 2. The normalized spacial score (nSPS) is 11.3. The molecule has 0 fully saturated rings. The SMILES string of the molecule is CN(C)c1cccc(C#N)c1N(C(=O)OC(C)(C)C)C(=O)OC(C)(C)C. The lowest BCUT2D eigenvalue weighted by molar-refractivity contribution is 0.0431. The summed E-state index contributed by atoms with van der Waals surface area (Å²) in [5, 5.41) is 9.50. The Morgan fingerprint density at radius 3 is 1.77 bits per heavy atom. The first-order chi connectivity index (χ1) is 11.8. The summed E-state index contributed by atoms with van der Waals surface area (Å²) in [4.78, 5) is 28.1. The van der Waals surface area contributed by atoms with Crippen LogP contribution in [0.4, 0.5) is 21.0 Å². The number of ether oxygens (including phenoxy) is 2. The number of hydrogen-bond donors (Lipinski definition) is 0. The number of carbonyl (C=O) groups excluding carboxylic acids is 2. The average molecular weight is 361 g/mol. The van der Waals surface area contributed by atoms with E-state index in [1.807, 2.05) is 6.07 Å².